The third-order valence-corrected chi connectivity index (χ3v) is 3.94. The van der Waals surface area contributed by atoms with Gasteiger partial charge in [-0.2, -0.15) is 0 Å². The number of carbonyl (C=O) groups is 2. The predicted octanol–water partition coefficient (Wildman–Crippen LogP) is 2.93. The third kappa shape index (κ3) is 5.81. The van der Waals surface area contributed by atoms with E-state index in [9.17, 15) is 14.7 Å². The Hall–Kier alpha value is -2.50. The molecule has 1 amide bonds. The van der Waals surface area contributed by atoms with Crippen LogP contribution in [0, 0.1) is 0 Å². The number of hydrogen-bond acceptors (Lipinski definition) is 4. The number of hydrogen-bond donors (Lipinski definition) is 3. The number of ketones is 1. The fourth-order valence-electron chi connectivity index (χ4n) is 2.58. The maximum Gasteiger partial charge on any atom is 0.221 e. The summed E-state index contributed by atoms with van der Waals surface area (Å²) in [5.74, 6) is -0.184. The molecule has 0 aliphatic carbocycles. The van der Waals surface area contributed by atoms with Crippen LogP contribution in [0.4, 0.5) is 5.69 Å². The topological polar surface area (TPSA) is 78.4 Å². The zero-order valence-electron chi connectivity index (χ0n) is 14.5. The van der Waals surface area contributed by atoms with E-state index in [1.54, 1.807) is 24.3 Å². The minimum atomic E-state index is -0.626. The third-order valence-electron chi connectivity index (χ3n) is 3.94. The quantitative estimate of drug-likeness (QED) is 0.646. The molecule has 5 nitrogen and oxygen atoms in total. The fourth-order valence-corrected chi connectivity index (χ4v) is 2.58. The SMILES string of the molecule is CC(=O)Nc1cccc(C(=O)CCNC(C)C(O)c2ccccc2)c1. The van der Waals surface area contributed by atoms with Gasteiger partial charge in [0.25, 0.3) is 0 Å². The van der Waals surface area contributed by atoms with Crippen LogP contribution >= 0.6 is 0 Å². The molecule has 132 valence electrons. The normalized spacial score (nSPS) is 13.1. The van der Waals surface area contributed by atoms with Gasteiger partial charge in [-0.1, -0.05) is 42.5 Å². The van der Waals surface area contributed by atoms with Crippen LogP contribution < -0.4 is 10.6 Å². The first-order valence-corrected chi connectivity index (χ1v) is 8.34. The second-order valence-corrected chi connectivity index (χ2v) is 6.03. The van der Waals surface area contributed by atoms with E-state index >= 15 is 0 Å². The Labute approximate surface area is 148 Å². The van der Waals surface area contributed by atoms with Crippen molar-refractivity contribution in [1.29, 1.82) is 0 Å². The number of aliphatic hydroxyl groups is 1. The zero-order valence-corrected chi connectivity index (χ0v) is 14.5. The van der Waals surface area contributed by atoms with Crippen molar-refractivity contribution in [1.82, 2.24) is 5.32 Å². The van der Waals surface area contributed by atoms with E-state index in [2.05, 4.69) is 10.6 Å². The molecule has 0 spiro atoms. The van der Waals surface area contributed by atoms with Gasteiger partial charge in [-0.25, -0.2) is 0 Å². The highest BCUT2D eigenvalue weighted by Crippen LogP contribution is 2.16. The molecule has 3 N–H and O–H groups in total. The summed E-state index contributed by atoms with van der Waals surface area (Å²) in [6.07, 6.45) is -0.311. The van der Waals surface area contributed by atoms with Gasteiger partial charge in [0.15, 0.2) is 5.78 Å². The van der Waals surface area contributed by atoms with Crippen molar-refractivity contribution in [2.75, 3.05) is 11.9 Å². The van der Waals surface area contributed by atoms with Gasteiger partial charge in [0, 0.05) is 37.2 Å². The van der Waals surface area contributed by atoms with E-state index in [0.717, 1.165) is 5.56 Å². The Morgan fingerprint density at radius 3 is 2.48 bits per heavy atom. The number of Topliss-reactive ketones (excluding diaryl/α,β-unsaturated/α-hetero) is 1. The van der Waals surface area contributed by atoms with E-state index in [1.165, 1.54) is 6.92 Å². The zero-order chi connectivity index (χ0) is 18.2. The predicted molar refractivity (Wildman–Crippen MR) is 98.6 cm³/mol. The molecule has 0 saturated heterocycles. The lowest BCUT2D eigenvalue weighted by molar-refractivity contribution is -0.114. The lowest BCUT2D eigenvalue weighted by Crippen LogP contribution is -2.33. The summed E-state index contributed by atoms with van der Waals surface area (Å²) >= 11 is 0. The summed E-state index contributed by atoms with van der Waals surface area (Å²) in [5.41, 5.74) is 2.01. The number of rotatable bonds is 8. The summed E-state index contributed by atoms with van der Waals surface area (Å²) < 4.78 is 0. The molecule has 0 aliphatic rings. The Balaban J connectivity index is 1.85. The summed E-state index contributed by atoms with van der Waals surface area (Å²) in [6, 6.07) is 16.2. The standard InChI is InChI=1S/C20H24N2O3/c1-14(20(25)16-7-4-3-5-8-16)21-12-11-19(24)17-9-6-10-18(13-17)22-15(2)23/h3-10,13-14,20-21,25H,11-12H2,1-2H3,(H,22,23). The molecule has 0 aromatic heterocycles. The number of nitrogens with one attached hydrogen (secondary N) is 2. The molecule has 5 heteroatoms. The minimum Gasteiger partial charge on any atom is -0.387 e. The number of benzene rings is 2. The first kappa shape index (κ1) is 18.8. The molecule has 2 atom stereocenters. The summed E-state index contributed by atoms with van der Waals surface area (Å²) in [7, 11) is 0. The van der Waals surface area contributed by atoms with Gasteiger partial charge in [0.1, 0.15) is 0 Å². The molecule has 25 heavy (non-hydrogen) atoms. The average Bonchev–Trinajstić information content (AvgIpc) is 2.61. The molecule has 0 aliphatic heterocycles. The van der Waals surface area contributed by atoms with Crippen molar-refractivity contribution >= 4 is 17.4 Å². The Morgan fingerprint density at radius 1 is 1.08 bits per heavy atom. The second-order valence-electron chi connectivity index (χ2n) is 6.03. The molecule has 0 heterocycles. The molecule has 0 saturated carbocycles. The van der Waals surface area contributed by atoms with Crippen LogP contribution in [0.1, 0.15) is 42.3 Å². The molecule has 2 aromatic carbocycles. The maximum absolute atomic E-state index is 12.3. The first-order chi connectivity index (χ1) is 12.0. The van der Waals surface area contributed by atoms with Crippen LogP contribution in [0.25, 0.3) is 0 Å². The molecule has 2 rings (SSSR count). The lowest BCUT2D eigenvalue weighted by Gasteiger charge is -2.20. The summed E-state index contributed by atoms with van der Waals surface area (Å²) in [5, 5.41) is 16.2. The maximum atomic E-state index is 12.3. The number of carbonyl (C=O) groups excluding carboxylic acids is 2. The van der Waals surface area contributed by atoms with Gasteiger partial charge in [0.2, 0.25) is 5.91 Å². The van der Waals surface area contributed by atoms with Crippen LogP contribution in [-0.4, -0.2) is 29.4 Å². The van der Waals surface area contributed by atoms with Crippen LogP contribution in [0.2, 0.25) is 0 Å². The van der Waals surface area contributed by atoms with Crippen molar-refractivity contribution in [2.45, 2.75) is 32.4 Å². The van der Waals surface area contributed by atoms with Crippen molar-refractivity contribution in [3.05, 3.63) is 65.7 Å². The largest absolute Gasteiger partial charge is 0.387 e. The van der Waals surface area contributed by atoms with E-state index < -0.39 is 6.10 Å². The molecular weight excluding hydrogens is 316 g/mol. The lowest BCUT2D eigenvalue weighted by atomic mass is 10.0. The fraction of sp³-hybridized carbons (Fsp3) is 0.300. The van der Waals surface area contributed by atoms with Gasteiger partial charge in [-0.3, -0.25) is 9.59 Å². The highest BCUT2D eigenvalue weighted by atomic mass is 16.3. The molecule has 0 bridgehead atoms. The van der Waals surface area contributed by atoms with E-state index in [-0.39, 0.29) is 17.7 Å². The monoisotopic (exact) mass is 340 g/mol. The summed E-state index contributed by atoms with van der Waals surface area (Å²) in [6.45, 7) is 3.78. The van der Waals surface area contributed by atoms with Gasteiger partial charge < -0.3 is 15.7 Å². The number of aliphatic hydroxyl groups excluding tert-OH is 1. The van der Waals surface area contributed by atoms with E-state index in [4.69, 9.17) is 0 Å². The van der Waals surface area contributed by atoms with Crippen LogP contribution in [0.3, 0.4) is 0 Å². The van der Waals surface area contributed by atoms with Crippen molar-refractivity contribution in [3.63, 3.8) is 0 Å². The Kier molecular flexibility index (Phi) is 6.86. The van der Waals surface area contributed by atoms with Gasteiger partial charge in [-0.15, -0.1) is 0 Å². The van der Waals surface area contributed by atoms with E-state index in [0.29, 0.717) is 24.2 Å². The average molecular weight is 340 g/mol. The smallest absolute Gasteiger partial charge is 0.221 e. The Morgan fingerprint density at radius 2 is 1.80 bits per heavy atom. The molecule has 2 aromatic rings. The molecule has 0 radical (unpaired) electrons. The van der Waals surface area contributed by atoms with Crippen LogP contribution in [0.15, 0.2) is 54.6 Å². The molecular formula is C20H24N2O3. The van der Waals surface area contributed by atoms with Crippen molar-refractivity contribution < 1.29 is 14.7 Å². The number of amides is 1. The second kappa shape index (κ2) is 9.11. The van der Waals surface area contributed by atoms with Crippen LogP contribution in [-0.2, 0) is 4.79 Å². The highest BCUT2D eigenvalue weighted by Gasteiger charge is 2.16. The van der Waals surface area contributed by atoms with Gasteiger partial charge in [0.05, 0.1) is 6.10 Å². The minimum absolute atomic E-state index is 0.0129. The highest BCUT2D eigenvalue weighted by molar-refractivity contribution is 5.98. The van der Waals surface area contributed by atoms with Gasteiger partial charge in [-0.05, 0) is 24.6 Å². The Bertz CT molecular complexity index is 716. The van der Waals surface area contributed by atoms with E-state index in [1.807, 2.05) is 37.3 Å². The molecule has 0 fully saturated rings. The van der Waals surface area contributed by atoms with Gasteiger partial charge >= 0.3 is 0 Å². The molecule has 2 unspecified atom stereocenters. The summed E-state index contributed by atoms with van der Waals surface area (Å²) in [4.78, 5) is 23.4. The van der Waals surface area contributed by atoms with Crippen molar-refractivity contribution in [2.24, 2.45) is 0 Å². The van der Waals surface area contributed by atoms with Crippen molar-refractivity contribution in [3.8, 4) is 0 Å². The first-order valence-electron chi connectivity index (χ1n) is 8.34. The number of anilines is 1. The van der Waals surface area contributed by atoms with Crippen LogP contribution in [0.5, 0.6) is 0 Å².